The summed E-state index contributed by atoms with van der Waals surface area (Å²) in [6.45, 7) is 3.54. The molecule has 2 aromatic rings. The molecular weight excluding hydrogens is 489 g/mol. The van der Waals surface area contributed by atoms with Crippen molar-refractivity contribution in [3.63, 3.8) is 0 Å². The van der Waals surface area contributed by atoms with Gasteiger partial charge in [-0.1, -0.05) is 31.0 Å². The number of methoxy groups -OCH3 is 1. The maximum atomic E-state index is 12.9. The zero-order chi connectivity index (χ0) is 25.8. The summed E-state index contributed by atoms with van der Waals surface area (Å²) >= 11 is 6.01. The highest BCUT2D eigenvalue weighted by molar-refractivity contribution is 6.31. The van der Waals surface area contributed by atoms with Crippen molar-refractivity contribution in [2.45, 2.75) is 38.8 Å². The third kappa shape index (κ3) is 9.45. The van der Waals surface area contributed by atoms with Crippen LogP contribution in [-0.4, -0.2) is 56.5 Å². The van der Waals surface area contributed by atoms with Crippen molar-refractivity contribution >= 4 is 17.7 Å². The largest absolute Gasteiger partial charge is 0.491 e. The van der Waals surface area contributed by atoms with Crippen molar-refractivity contribution in [2.24, 2.45) is 0 Å². The molecule has 0 saturated carbocycles. The average Bonchev–Trinajstić information content (AvgIpc) is 2.81. The van der Waals surface area contributed by atoms with Crippen LogP contribution in [0.4, 0.5) is 18.0 Å². The van der Waals surface area contributed by atoms with Crippen LogP contribution in [0.25, 0.3) is 0 Å². The molecule has 0 bridgehead atoms. The van der Waals surface area contributed by atoms with E-state index >= 15 is 0 Å². The van der Waals surface area contributed by atoms with Crippen molar-refractivity contribution in [2.75, 3.05) is 40.5 Å². The van der Waals surface area contributed by atoms with Crippen LogP contribution in [0, 0.1) is 0 Å². The van der Waals surface area contributed by atoms with Crippen LogP contribution >= 0.6 is 11.6 Å². The van der Waals surface area contributed by atoms with Gasteiger partial charge in [-0.2, -0.15) is 13.2 Å². The minimum atomic E-state index is -4.57. The molecule has 2 rings (SSSR count). The maximum Gasteiger partial charge on any atom is 0.417 e. The molecule has 35 heavy (non-hydrogen) atoms. The molecule has 0 radical (unpaired) electrons. The molecule has 7 nitrogen and oxygen atoms in total. The van der Waals surface area contributed by atoms with E-state index in [-0.39, 0.29) is 17.5 Å². The average molecular weight is 519 g/mol. The van der Waals surface area contributed by atoms with Gasteiger partial charge in [0.1, 0.15) is 23.1 Å². The summed E-state index contributed by atoms with van der Waals surface area (Å²) in [5, 5.41) is -0.277. The van der Waals surface area contributed by atoms with E-state index in [4.69, 9.17) is 30.5 Å². The first kappa shape index (κ1) is 28.5. The standard InChI is InChI=1S/C24H30ClF3N2O5/c1-4-5-10-30(2)23(31)34-11-6-7-17-8-9-19(33-13-12-32-3)15-21(17)35-22-20(25)14-18(16-29-22)24(26,27)28/h8-9,14-16H,4-7,10-13H2,1-3H3. The Hall–Kier alpha value is -2.72. The number of carbonyl (C=O) groups excluding carboxylic acids is 1. The Kier molecular flexibility index (Phi) is 11.4. The summed E-state index contributed by atoms with van der Waals surface area (Å²) in [4.78, 5) is 17.3. The molecule has 0 aliphatic rings. The molecule has 1 aromatic heterocycles. The van der Waals surface area contributed by atoms with Crippen molar-refractivity contribution in [1.29, 1.82) is 0 Å². The smallest absolute Gasteiger partial charge is 0.417 e. The molecule has 0 aliphatic heterocycles. The molecule has 1 amide bonds. The van der Waals surface area contributed by atoms with Gasteiger partial charge in [0.05, 0.1) is 18.8 Å². The number of aryl methyl sites for hydroxylation is 1. The Labute approximate surface area is 208 Å². The number of benzene rings is 1. The summed E-state index contributed by atoms with van der Waals surface area (Å²) < 4.78 is 60.4. The van der Waals surface area contributed by atoms with Gasteiger partial charge in [0.25, 0.3) is 0 Å². The third-order valence-electron chi connectivity index (χ3n) is 4.91. The number of pyridine rings is 1. The van der Waals surface area contributed by atoms with E-state index in [1.54, 1.807) is 32.4 Å². The Balaban J connectivity index is 2.11. The van der Waals surface area contributed by atoms with Crippen molar-refractivity contribution in [3.05, 3.63) is 46.6 Å². The Morgan fingerprint density at radius 1 is 1.14 bits per heavy atom. The van der Waals surface area contributed by atoms with Gasteiger partial charge in [-0.25, -0.2) is 9.78 Å². The fourth-order valence-electron chi connectivity index (χ4n) is 2.95. The topological polar surface area (TPSA) is 70.1 Å². The SMILES string of the molecule is CCCCN(C)C(=O)OCCCc1ccc(OCCOC)cc1Oc1ncc(C(F)(F)F)cc1Cl. The molecule has 1 aromatic carbocycles. The first-order valence-corrected chi connectivity index (χ1v) is 11.6. The number of amides is 1. The lowest BCUT2D eigenvalue weighted by Crippen LogP contribution is -2.28. The molecule has 11 heteroatoms. The highest BCUT2D eigenvalue weighted by Crippen LogP contribution is 2.36. The molecule has 0 fully saturated rings. The van der Waals surface area contributed by atoms with Crippen LogP contribution in [0.5, 0.6) is 17.4 Å². The number of alkyl halides is 3. The van der Waals surface area contributed by atoms with Gasteiger partial charge in [-0.15, -0.1) is 0 Å². The number of nitrogens with zero attached hydrogens (tertiary/aromatic N) is 2. The summed E-state index contributed by atoms with van der Waals surface area (Å²) in [6.07, 6.45) is -1.46. The zero-order valence-corrected chi connectivity index (χ0v) is 20.7. The van der Waals surface area contributed by atoms with Crippen LogP contribution in [0.2, 0.25) is 5.02 Å². The fraction of sp³-hybridized carbons (Fsp3) is 0.500. The normalized spacial score (nSPS) is 11.3. The van der Waals surface area contributed by atoms with Gasteiger partial charge >= 0.3 is 12.3 Å². The second kappa shape index (κ2) is 14.0. The minimum Gasteiger partial charge on any atom is -0.491 e. The summed E-state index contributed by atoms with van der Waals surface area (Å²) in [5.41, 5.74) is -0.255. The van der Waals surface area contributed by atoms with Crippen LogP contribution in [-0.2, 0) is 22.1 Å². The van der Waals surface area contributed by atoms with Crippen molar-refractivity contribution in [1.82, 2.24) is 9.88 Å². The lowest BCUT2D eigenvalue weighted by Gasteiger charge is -2.17. The zero-order valence-electron chi connectivity index (χ0n) is 20.0. The van der Waals surface area contributed by atoms with E-state index in [0.29, 0.717) is 50.3 Å². The Morgan fingerprint density at radius 2 is 1.91 bits per heavy atom. The molecule has 0 spiro atoms. The van der Waals surface area contributed by atoms with E-state index in [1.165, 1.54) is 4.90 Å². The van der Waals surface area contributed by atoms with Crippen LogP contribution in [0.15, 0.2) is 30.5 Å². The van der Waals surface area contributed by atoms with E-state index in [1.807, 2.05) is 6.92 Å². The number of hydrogen-bond donors (Lipinski definition) is 0. The maximum absolute atomic E-state index is 12.9. The second-order valence-corrected chi connectivity index (χ2v) is 8.12. The Morgan fingerprint density at radius 3 is 2.57 bits per heavy atom. The lowest BCUT2D eigenvalue weighted by atomic mass is 10.1. The summed E-state index contributed by atoms with van der Waals surface area (Å²) in [6, 6.07) is 5.87. The monoisotopic (exact) mass is 518 g/mol. The molecule has 0 N–H and O–H groups in total. The number of ether oxygens (including phenoxy) is 4. The van der Waals surface area contributed by atoms with Crippen molar-refractivity contribution < 1.29 is 36.9 Å². The van der Waals surface area contributed by atoms with Gasteiger partial charge in [-0.3, -0.25) is 0 Å². The number of rotatable bonds is 13. The summed E-state index contributed by atoms with van der Waals surface area (Å²) in [7, 11) is 3.24. The van der Waals surface area contributed by atoms with Gasteiger partial charge in [-0.05, 0) is 37.0 Å². The van der Waals surface area contributed by atoms with Gasteiger partial charge < -0.3 is 23.8 Å². The van der Waals surface area contributed by atoms with Crippen molar-refractivity contribution in [3.8, 4) is 17.4 Å². The first-order chi connectivity index (χ1) is 16.7. The van der Waals surface area contributed by atoms with Crippen LogP contribution in [0.1, 0.15) is 37.3 Å². The molecule has 0 saturated heterocycles. The number of aromatic nitrogens is 1. The number of hydrogen-bond acceptors (Lipinski definition) is 6. The number of carbonyl (C=O) groups is 1. The Bertz CT molecular complexity index is 959. The van der Waals surface area contributed by atoms with E-state index in [0.717, 1.165) is 24.5 Å². The predicted octanol–water partition coefficient (Wildman–Crippen LogP) is 6.37. The highest BCUT2D eigenvalue weighted by Gasteiger charge is 2.32. The molecule has 194 valence electrons. The highest BCUT2D eigenvalue weighted by atomic mass is 35.5. The molecule has 0 unspecified atom stereocenters. The van der Waals surface area contributed by atoms with Gasteiger partial charge in [0.15, 0.2) is 0 Å². The number of unbranched alkanes of at least 4 members (excludes halogenated alkanes) is 1. The molecule has 1 heterocycles. The molecular formula is C24H30ClF3N2O5. The first-order valence-electron chi connectivity index (χ1n) is 11.2. The predicted molar refractivity (Wildman–Crippen MR) is 125 cm³/mol. The molecule has 0 aliphatic carbocycles. The quantitative estimate of drug-likeness (QED) is 0.287. The summed E-state index contributed by atoms with van der Waals surface area (Å²) in [5.74, 6) is 0.632. The fourth-order valence-corrected chi connectivity index (χ4v) is 3.15. The number of halogens is 4. The van der Waals surface area contributed by atoms with E-state index in [9.17, 15) is 18.0 Å². The van der Waals surface area contributed by atoms with Gasteiger partial charge in [0, 0.05) is 33.0 Å². The van der Waals surface area contributed by atoms with Gasteiger partial charge in [0.2, 0.25) is 5.88 Å². The third-order valence-corrected chi connectivity index (χ3v) is 5.18. The lowest BCUT2D eigenvalue weighted by molar-refractivity contribution is -0.137. The van der Waals surface area contributed by atoms with E-state index < -0.39 is 17.8 Å². The molecule has 0 atom stereocenters. The minimum absolute atomic E-state index is 0.168. The van der Waals surface area contributed by atoms with Crippen LogP contribution < -0.4 is 9.47 Å². The van der Waals surface area contributed by atoms with E-state index in [2.05, 4.69) is 4.98 Å². The second-order valence-electron chi connectivity index (χ2n) is 7.71. The van der Waals surface area contributed by atoms with Crippen LogP contribution in [0.3, 0.4) is 0 Å².